The minimum absolute atomic E-state index is 0.890. The van der Waals surface area contributed by atoms with Gasteiger partial charge in [-0.25, -0.2) is 0 Å². The van der Waals surface area contributed by atoms with Crippen LogP contribution in [0.4, 0.5) is 17.1 Å². The van der Waals surface area contributed by atoms with Crippen molar-refractivity contribution in [2.75, 3.05) is 4.90 Å². The molecule has 0 saturated heterocycles. The minimum atomic E-state index is 0.890. The van der Waals surface area contributed by atoms with E-state index in [0.717, 1.165) is 55.7 Å². The molecule has 9 aromatic carbocycles. The molecule has 258 valence electrons. The number of benzene rings is 9. The van der Waals surface area contributed by atoms with Gasteiger partial charge in [-0.1, -0.05) is 146 Å². The van der Waals surface area contributed by atoms with Crippen LogP contribution in [0.5, 0.6) is 0 Å². The lowest BCUT2D eigenvalue weighted by Gasteiger charge is -2.28. The van der Waals surface area contributed by atoms with Crippen LogP contribution < -0.4 is 4.90 Å². The highest BCUT2D eigenvalue weighted by Crippen LogP contribution is 2.47. The van der Waals surface area contributed by atoms with E-state index in [4.69, 9.17) is 4.42 Å². The Morgan fingerprint density at radius 2 is 1.04 bits per heavy atom. The maximum atomic E-state index is 6.39. The molecule has 2 heterocycles. The van der Waals surface area contributed by atoms with Gasteiger partial charge in [0.25, 0.3) is 0 Å². The van der Waals surface area contributed by atoms with E-state index in [1.807, 2.05) is 17.4 Å². The highest BCUT2D eigenvalue weighted by atomic mass is 32.1. The quantitative estimate of drug-likeness (QED) is 0.170. The van der Waals surface area contributed by atoms with Gasteiger partial charge in [0.05, 0.1) is 10.4 Å². The topological polar surface area (TPSA) is 16.4 Å². The van der Waals surface area contributed by atoms with Gasteiger partial charge < -0.3 is 9.32 Å². The molecule has 0 aliphatic rings. The van der Waals surface area contributed by atoms with Gasteiger partial charge in [-0.2, -0.15) is 0 Å². The Hall–Kier alpha value is -6.94. The summed E-state index contributed by atoms with van der Waals surface area (Å²) >= 11 is 1.86. The van der Waals surface area contributed by atoms with Crippen molar-refractivity contribution in [2.45, 2.75) is 0 Å². The largest absolute Gasteiger partial charge is 0.456 e. The molecule has 0 fully saturated rings. The van der Waals surface area contributed by atoms with Crippen molar-refractivity contribution in [1.82, 2.24) is 0 Å². The van der Waals surface area contributed by atoms with E-state index in [9.17, 15) is 0 Å². The normalized spacial score (nSPS) is 11.6. The molecule has 11 rings (SSSR count). The van der Waals surface area contributed by atoms with Crippen LogP contribution in [0, 0.1) is 0 Å². The van der Waals surface area contributed by atoms with Gasteiger partial charge in [0.2, 0.25) is 0 Å². The number of para-hydroxylation sites is 1. The summed E-state index contributed by atoms with van der Waals surface area (Å²) in [7, 11) is 0. The Balaban J connectivity index is 1.17. The average Bonchev–Trinajstić information content (AvgIpc) is 3.83. The summed E-state index contributed by atoms with van der Waals surface area (Å²) in [4.78, 5) is 2.45. The van der Waals surface area contributed by atoms with Crippen molar-refractivity contribution >= 4 is 81.3 Å². The molecule has 0 aliphatic heterocycles. The summed E-state index contributed by atoms with van der Waals surface area (Å²) in [5.41, 5.74) is 12.1. The van der Waals surface area contributed by atoms with Crippen molar-refractivity contribution in [3.05, 3.63) is 200 Å². The monoisotopic (exact) mass is 719 g/mol. The Morgan fingerprint density at radius 1 is 0.382 bits per heavy atom. The first-order chi connectivity index (χ1) is 27.3. The summed E-state index contributed by atoms with van der Waals surface area (Å²) in [6, 6.07) is 72.3. The highest BCUT2D eigenvalue weighted by molar-refractivity contribution is 7.26. The smallest absolute Gasteiger partial charge is 0.136 e. The third kappa shape index (κ3) is 5.32. The standard InChI is InChI=1S/C52H33NOS/c1-2-13-34(14-3-1)37-31-38(43-21-12-25-49-51(43)46-19-6-8-24-48(46)54-49)33-40(32-37)53(47-23-11-22-45-44-18-7-9-26-50(44)55-52(45)47)39-29-27-36(28-30-39)42-20-10-16-35-15-4-5-17-41(35)42/h1-33H. The molecule has 0 aliphatic carbocycles. The van der Waals surface area contributed by atoms with Crippen molar-refractivity contribution < 1.29 is 4.42 Å². The predicted octanol–water partition coefficient (Wildman–Crippen LogP) is 15.6. The van der Waals surface area contributed by atoms with Crippen LogP contribution in [0.2, 0.25) is 0 Å². The van der Waals surface area contributed by atoms with Gasteiger partial charge >= 0.3 is 0 Å². The number of anilines is 3. The van der Waals surface area contributed by atoms with Crippen LogP contribution >= 0.6 is 11.3 Å². The first-order valence-corrected chi connectivity index (χ1v) is 19.5. The molecule has 0 N–H and O–H groups in total. The molecule has 55 heavy (non-hydrogen) atoms. The fourth-order valence-electron chi connectivity index (χ4n) is 8.31. The summed E-state index contributed by atoms with van der Waals surface area (Å²) in [5, 5.41) is 7.30. The second-order valence-corrected chi connectivity index (χ2v) is 15.1. The summed E-state index contributed by atoms with van der Waals surface area (Å²) < 4.78 is 8.93. The SMILES string of the molecule is c1ccc(-c2cc(-c3cccc4oc5ccccc5c34)cc(N(c3ccc(-c4cccc5ccccc45)cc3)c3cccc4c3sc3ccccc34)c2)cc1. The van der Waals surface area contributed by atoms with Crippen molar-refractivity contribution in [2.24, 2.45) is 0 Å². The van der Waals surface area contributed by atoms with Gasteiger partial charge in [-0.05, 0) is 98.8 Å². The van der Waals surface area contributed by atoms with Crippen LogP contribution in [0.15, 0.2) is 205 Å². The molecule has 0 radical (unpaired) electrons. The van der Waals surface area contributed by atoms with Gasteiger partial charge in [-0.3, -0.25) is 0 Å². The van der Waals surface area contributed by atoms with Gasteiger partial charge in [-0.15, -0.1) is 11.3 Å². The Morgan fingerprint density at radius 3 is 1.93 bits per heavy atom. The van der Waals surface area contributed by atoms with E-state index < -0.39 is 0 Å². The Kier molecular flexibility index (Phi) is 7.39. The molecule has 11 aromatic rings. The van der Waals surface area contributed by atoms with Crippen LogP contribution in [0.25, 0.3) is 86.3 Å². The fourth-order valence-corrected chi connectivity index (χ4v) is 9.52. The minimum Gasteiger partial charge on any atom is -0.456 e. The molecular weight excluding hydrogens is 687 g/mol. The maximum absolute atomic E-state index is 6.39. The number of hydrogen-bond acceptors (Lipinski definition) is 3. The van der Waals surface area contributed by atoms with Crippen LogP contribution in [0.1, 0.15) is 0 Å². The van der Waals surface area contributed by atoms with Crippen molar-refractivity contribution in [1.29, 1.82) is 0 Å². The molecule has 0 saturated carbocycles. The molecule has 0 atom stereocenters. The number of thiophene rings is 1. The van der Waals surface area contributed by atoms with E-state index in [1.54, 1.807) is 0 Å². The lowest BCUT2D eigenvalue weighted by Crippen LogP contribution is -2.10. The first kappa shape index (κ1) is 31.6. The molecule has 2 aromatic heterocycles. The van der Waals surface area contributed by atoms with E-state index in [1.165, 1.54) is 47.6 Å². The van der Waals surface area contributed by atoms with Crippen molar-refractivity contribution in [3.63, 3.8) is 0 Å². The number of hydrogen-bond donors (Lipinski definition) is 0. The second kappa shape index (κ2) is 12.9. The molecule has 2 nitrogen and oxygen atoms in total. The first-order valence-electron chi connectivity index (χ1n) is 18.7. The summed E-state index contributed by atoms with van der Waals surface area (Å²) in [6.07, 6.45) is 0. The zero-order chi connectivity index (χ0) is 36.3. The molecule has 3 heteroatoms. The lowest BCUT2D eigenvalue weighted by atomic mass is 9.94. The molecule has 0 unspecified atom stereocenters. The summed E-state index contributed by atoms with van der Waals surface area (Å²) in [5.74, 6) is 0. The Labute approximate surface area is 322 Å². The van der Waals surface area contributed by atoms with E-state index in [-0.39, 0.29) is 0 Å². The zero-order valence-electron chi connectivity index (χ0n) is 29.8. The average molecular weight is 720 g/mol. The van der Waals surface area contributed by atoms with Crippen LogP contribution in [-0.2, 0) is 0 Å². The van der Waals surface area contributed by atoms with Crippen LogP contribution in [-0.4, -0.2) is 0 Å². The number of rotatable bonds is 6. The molecule has 0 bridgehead atoms. The van der Waals surface area contributed by atoms with Gasteiger partial charge in [0, 0.05) is 37.6 Å². The van der Waals surface area contributed by atoms with Gasteiger partial charge in [0.15, 0.2) is 0 Å². The number of furan rings is 1. The molecule has 0 spiro atoms. The number of fused-ring (bicyclic) bond motifs is 7. The van der Waals surface area contributed by atoms with E-state index >= 15 is 0 Å². The predicted molar refractivity (Wildman–Crippen MR) is 235 cm³/mol. The fraction of sp³-hybridized carbons (Fsp3) is 0. The maximum Gasteiger partial charge on any atom is 0.136 e. The third-order valence-corrected chi connectivity index (χ3v) is 12.1. The van der Waals surface area contributed by atoms with Crippen LogP contribution in [0.3, 0.4) is 0 Å². The van der Waals surface area contributed by atoms with Crippen molar-refractivity contribution in [3.8, 4) is 33.4 Å². The van der Waals surface area contributed by atoms with E-state index in [0.29, 0.717) is 0 Å². The molecular formula is C52H33NOS. The number of nitrogens with zero attached hydrogens (tertiary/aromatic N) is 1. The van der Waals surface area contributed by atoms with Gasteiger partial charge in [0.1, 0.15) is 11.2 Å². The highest BCUT2D eigenvalue weighted by Gasteiger charge is 2.21. The lowest BCUT2D eigenvalue weighted by molar-refractivity contribution is 0.669. The zero-order valence-corrected chi connectivity index (χ0v) is 30.6. The van der Waals surface area contributed by atoms with E-state index in [2.05, 4.69) is 199 Å². The summed E-state index contributed by atoms with van der Waals surface area (Å²) in [6.45, 7) is 0. The molecule has 0 amide bonds. The third-order valence-electron chi connectivity index (χ3n) is 10.8. The second-order valence-electron chi connectivity index (χ2n) is 14.1. The Bertz CT molecular complexity index is 3200.